The van der Waals surface area contributed by atoms with Gasteiger partial charge in [-0.05, 0) is 81.0 Å². The Morgan fingerprint density at radius 3 is 2.61 bits per heavy atom. The minimum absolute atomic E-state index is 0.146. The van der Waals surface area contributed by atoms with Gasteiger partial charge in [-0.1, -0.05) is 66.2 Å². The molecule has 0 aliphatic rings. The lowest BCUT2D eigenvalue weighted by Crippen LogP contribution is -2.20. The van der Waals surface area contributed by atoms with Crippen LogP contribution in [0.3, 0.4) is 0 Å². The number of fused-ring (bicyclic) bond motifs is 1. The Hall–Kier alpha value is -3.44. The van der Waals surface area contributed by atoms with E-state index >= 15 is 0 Å². The first-order valence-corrected chi connectivity index (χ1v) is 11.6. The Morgan fingerprint density at radius 2 is 1.79 bits per heavy atom. The van der Waals surface area contributed by atoms with Gasteiger partial charge in [-0.15, -0.1) is 0 Å². The molecule has 166 valence electrons. The number of carbonyl (C=O) groups excluding carboxylic acids is 1. The van der Waals surface area contributed by atoms with Crippen molar-refractivity contribution in [2.75, 3.05) is 0 Å². The fraction of sp³-hybridized carbons (Fsp3) is 0.143. The van der Waals surface area contributed by atoms with Crippen molar-refractivity contribution >= 4 is 38.8 Å². The zero-order chi connectivity index (χ0) is 23.2. The zero-order valence-electron chi connectivity index (χ0n) is 18.6. The van der Waals surface area contributed by atoms with E-state index in [2.05, 4.69) is 56.8 Å². The average molecular weight is 501 g/mol. The Morgan fingerprint density at radius 1 is 0.970 bits per heavy atom. The normalized spacial score (nSPS) is 11.1. The number of benzene rings is 4. The van der Waals surface area contributed by atoms with Crippen LogP contribution in [0.25, 0.3) is 10.8 Å². The standard InChI is InChI=1S/C28H25BrN2O2/c1-19-10-12-23(20(2)14-19)16-28(32)31-30-17-21-11-13-27(26(29)15-21)33-18-24-8-5-7-22-6-3-4-9-25(22)24/h3-15,17H,16,18H2,1-2H3,(H,31,32)/b30-17-. The topological polar surface area (TPSA) is 50.7 Å². The Kier molecular flexibility index (Phi) is 7.20. The van der Waals surface area contributed by atoms with Gasteiger partial charge in [0.05, 0.1) is 17.1 Å². The van der Waals surface area contributed by atoms with Crippen molar-refractivity contribution in [3.05, 3.63) is 111 Å². The first kappa shape index (κ1) is 22.7. The molecule has 4 nitrogen and oxygen atoms in total. The maximum absolute atomic E-state index is 12.2. The molecule has 0 aromatic heterocycles. The molecule has 33 heavy (non-hydrogen) atoms. The molecule has 4 aromatic rings. The van der Waals surface area contributed by atoms with Crippen LogP contribution in [-0.2, 0) is 17.8 Å². The van der Waals surface area contributed by atoms with Gasteiger partial charge in [0, 0.05) is 0 Å². The molecule has 0 heterocycles. The van der Waals surface area contributed by atoms with Crippen LogP contribution in [0.4, 0.5) is 0 Å². The Labute approximate surface area is 202 Å². The molecule has 4 rings (SSSR count). The summed E-state index contributed by atoms with van der Waals surface area (Å²) in [4.78, 5) is 12.2. The number of halogens is 1. The average Bonchev–Trinajstić information content (AvgIpc) is 2.80. The maximum Gasteiger partial charge on any atom is 0.244 e. The summed E-state index contributed by atoms with van der Waals surface area (Å²) < 4.78 is 6.88. The maximum atomic E-state index is 12.2. The van der Waals surface area contributed by atoms with Gasteiger partial charge in [0.25, 0.3) is 0 Å². The second kappa shape index (κ2) is 10.5. The predicted molar refractivity (Wildman–Crippen MR) is 138 cm³/mol. The van der Waals surface area contributed by atoms with Crippen molar-refractivity contribution in [3.8, 4) is 5.75 Å². The third kappa shape index (κ3) is 5.88. The second-order valence-corrected chi connectivity index (χ2v) is 8.87. The van der Waals surface area contributed by atoms with Crippen LogP contribution >= 0.6 is 15.9 Å². The number of carbonyl (C=O) groups is 1. The van der Waals surface area contributed by atoms with Crippen LogP contribution in [0.5, 0.6) is 5.75 Å². The van der Waals surface area contributed by atoms with Gasteiger partial charge in [-0.2, -0.15) is 5.10 Å². The van der Waals surface area contributed by atoms with Crippen molar-refractivity contribution < 1.29 is 9.53 Å². The molecule has 0 saturated heterocycles. The fourth-order valence-electron chi connectivity index (χ4n) is 3.72. The number of hydrogen-bond acceptors (Lipinski definition) is 3. The molecule has 0 aliphatic heterocycles. The Bertz CT molecular complexity index is 1330. The molecule has 4 aromatic carbocycles. The smallest absolute Gasteiger partial charge is 0.244 e. The molecular weight excluding hydrogens is 476 g/mol. The first-order chi connectivity index (χ1) is 16.0. The number of nitrogens with zero attached hydrogens (tertiary/aromatic N) is 1. The molecule has 0 aliphatic carbocycles. The number of aryl methyl sites for hydroxylation is 2. The molecule has 1 amide bonds. The number of amides is 1. The molecule has 0 fully saturated rings. The third-order valence-electron chi connectivity index (χ3n) is 5.47. The van der Waals surface area contributed by atoms with E-state index in [9.17, 15) is 4.79 Å². The number of rotatable bonds is 7. The molecule has 0 bridgehead atoms. The summed E-state index contributed by atoms with van der Waals surface area (Å²) in [6.07, 6.45) is 1.92. The molecule has 0 spiro atoms. The summed E-state index contributed by atoms with van der Waals surface area (Å²) in [7, 11) is 0. The fourth-order valence-corrected chi connectivity index (χ4v) is 4.23. The predicted octanol–water partition coefficient (Wildman–Crippen LogP) is 6.49. The summed E-state index contributed by atoms with van der Waals surface area (Å²) in [5.74, 6) is 0.603. The lowest BCUT2D eigenvalue weighted by molar-refractivity contribution is -0.120. The van der Waals surface area contributed by atoms with Crippen LogP contribution in [0.2, 0.25) is 0 Å². The van der Waals surface area contributed by atoms with Crippen LogP contribution in [0.15, 0.2) is 88.4 Å². The molecule has 0 saturated carbocycles. The van der Waals surface area contributed by atoms with Crippen LogP contribution in [0, 0.1) is 13.8 Å². The number of hydrazone groups is 1. The quantitative estimate of drug-likeness (QED) is 0.233. The lowest BCUT2D eigenvalue weighted by atomic mass is 10.0. The van der Waals surface area contributed by atoms with E-state index in [1.165, 1.54) is 16.3 Å². The molecule has 0 radical (unpaired) electrons. The highest BCUT2D eigenvalue weighted by Gasteiger charge is 2.07. The van der Waals surface area contributed by atoms with E-state index in [4.69, 9.17) is 4.74 Å². The van der Waals surface area contributed by atoms with E-state index in [0.29, 0.717) is 13.0 Å². The van der Waals surface area contributed by atoms with Gasteiger partial charge < -0.3 is 4.74 Å². The zero-order valence-corrected chi connectivity index (χ0v) is 20.2. The molecular formula is C28H25BrN2O2. The SMILES string of the molecule is Cc1ccc(CC(=O)N/N=C\c2ccc(OCc3cccc4ccccc34)c(Br)c2)c(C)c1. The van der Waals surface area contributed by atoms with Gasteiger partial charge >= 0.3 is 0 Å². The monoisotopic (exact) mass is 500 g/mol. The van der Waals surface area contributed by atoms with E-state index < -0.39 is 0 Å². The lowest BCUT2D eigenvalue weighted by Gasteiger charge is -2.11. The van der Waals surface area contributed by atoms with E-state index in [1.54, 1.807) is 6.21 Å². The summed E-state index contributed by atoms with van der Waals surface area (Å²) in [5.41, 5.74) is 7.89. The van der Waals surface area contributed by atoms with Gasteiger partial charge in [0.1, 0.15) is 12.4 Å². The Balaban J connectivity index is 1.35. The van der Waals surface area contributed by atoms with Crippen molar-refractivity contribution in [2.45, 2.75) is 26.9 Å². The molecule has 1 N–H and O–H groups in total. The first-order valence-electron chi connectivity index (χ1n) is 10.8. The molecule has 5 heteroatoms. The highest BCUT2D eigenvalue weighted by Crippen LogP contribution is 2.27. The molecule has 0 atom stereocenters. The van der Waals surface area contributed by atoms with Crippen molar-refractivity contribution in [3.63, 3.8) is 0 Å². The van der Waals surface area contributed by atoms with Crippen molar-refractivity contribution in [1.82, 2.24) is 5.43 Å². The summed E-state index contributed by atoms with van der Waals surface area (Å²) in [6, 6.07) is 26.3. The highest BCUT2D eigenvalue weighted by molar-refractivity contribution is 9.10. The van der Waals surface area contributed by atoms with Crippen molar-refractivity contribution in [2.24, 2.45) is 5.10 Å². The van der Waals surface area contributed by atoms with Gasteiger partial charge in [0.15, 0.2) is 0 Å². The van der Waals surface area contributed by atoms with Gasteiger partial charge in [0.2, 0.25) is 5.91 Å². The van der Waals surface area contributed by atoms with Gasteiger partial charge in [-0.3, -0.25) is 4.79 Å². The minimum Gasteiger partial charge on any atom is -0.488 e. The minimum atomic E-state index is -0.146. The summed E-state index contributed by atoms with van der Waals surface area (Å²) in [6.45, 7) is 4.53. The van der Waals surface area contributed by atoms with Crippen molar-refractivity contribution in [1.29, 1.82) is 0 Å². The van der Waals surface area contributed by atoms with Gasteiger partial charge in [-0.25, -0.2) is 5.43 Å². The number of hydrogen-bond donors (Lipinski definition) is 1. The number of ether oxygens (including phenoxy) is 1. The van der Waals surface area contributed by atoms with Crippen LogP contribution < -0.4 is 10.2 Å². The second-order valence-electron chi connectivity index (χ2n) is 8.02. The highest BCUT2D eigenvalue weighted by atomic mass is 79.9. The third-order valence-corrected chi connectivity index (χ3v) is 6.09. The van der Waals surface area contributed by atoms with E-state index in [1.807, 2.05) is 62.4 Å². The van der Waals surface area contributed by atoms with Crippen LogP contribution in [-0.4, -0.2) is 12.1 Å². The number of nitrogens with one attached hydrogen (secondary N) is 1. The summed E-state index contributed by atoms with van der Waals surface area (Å²) >= 11 is 3.58. The largest absolute Gasteiger partial charge is 0.488 e. The summed E-state index contributed by atoms with van der Waals surface area (Å²) in [5, 5.41) is 6.49. The van der Waals surface area contributed by atoms with E-state index in [0.717, 1.165) is 32.5 Å². The van der Waals surface area contributed by atoms with E-state index in [-0.39, 0.29) is 5.91 Å². The van der Waals surface area contributed by atoms with Crippen LogP contribution in [0.1, 0.15) is 27.8 Å². The molecule has 0 unspecified atom stereocenters.